The quantitative estimate of drug-likeness (QED) is 0.862. The van der Waals surface area contributed by atoms with E-state index < -0.39 is 11.9 Å². The van der Waals surface area contributed by atoms with E-state index in [-0.39, 0.29) is 11.8 Å². The van der Waals surface area contributed by atoms with E-state index in [9.17, 15) is 18.0 Å². The van der Waals surface area contributed by atoms with Crippen molar-refractivity contribution in [3.8, 4) is 0 Å². The monoisotopic (exact) mass is 341 g/mol. The van der Waals surface area contributed by atoms with Crippen molar-refractivity contribution in [2.45, 2.75) is 32.5 Å². The molecule has 3 rings (SSSR count). The molecule has 130 valence electrons. The number of amides is 1. The van der Waals surface area contributed by atoms with Gasteiger partial charge in [0.05, 0.1) is 11.8 Å². The van der Waals surface area contributed by atoms with Crippen LogP contribution in [0.2, 0.25) is 0 Å². The Hall–Kier alpha value is -2.25. The number of carbonyl (C=O) groups is 1. The Bertz CT molecular complexity index is 748. The van der Waals surface area contributed by atoms with Gasteiger partial charge in [0.2, 0.25) is 0 Å². The molecule has 2 aromatic rings. The Balaban J connectivity index is 1.66. The number of halogens is 3. The fraction of sp³-hybridized carbons (Fsp3) is 0.500. The van der Waals surface area contributed by atoms with Crippen LogP contribution in [0.15, 0.2) is 22.9 Å². The van der Waals surface area contributed by atoms with Crippen LogP contribution < -0.4 is 0 Å². The van der Waals surface area contributed by atoms with E-state index in [0.29, 0.717) is 43.1 Å². The van der Waals surface area contributed by atoms with Crippen molar-refractivity contribution in [1.29, 1.82) is 0 Å². The minimum atomic E-state index is -4.43. The molecule has 1 aliphatic heterocycles. The summed E-state index contributed by atoms with van der Waals surface area (Å²) in [5, 5.41) is 0. The van der Waals surface area contributed by atoms with Crippen LogP contribution in [-0.2, 0) is 19.1 Å². The number of alkyl halides is 3. The summed E-state index contributed by atoms with van der Waals surface area (Å²) in [6.07, 6.45) is -0.716. The van der Waals surface area contributed by atoms with Gasteiger partial charge in [-0.1, -0.05) is 0 Å². The third-order valence-electron chi connectivity index (χ3n) is 4.35. The van der Waals surface area contributed by atoms with Gasteiger partial charge in [-0.25, -0.2) is 4.98 Å². The molecule has 0 aliphatic carbocycles. The van der Waals surface area contributed by atoms with Gasteiger partial charge in [-0.15, -0.1) is 0 Å². The first-order valence-electron chi connectivity index (χ1n) is 7.68. The Morgan fingerprint density at radius 1 is 1.50 bits per heavy atom. The van der Waals surface area contributed by atoms with Gasteiger partial charge < -0.3 is 13.9 Å². The number of imidazole rings is 1. The summed E-state index contributed by atoms with van der Waals surface area (Å²) in [6, 6.07) is 1.62. The van der Waals surface area contributed by atoms with Crippen LogP contribution in [0.4, 0.5) is 13.2 Å². The second kappa shape index (κ2) is 5.99. The lowest BCUT2D eigenvalue weighted by Gasteiger charge is -2.28. The van der Waals surface area contributed by atoms with Crippen molar-refractivity contribution in [2.24, 2.45) is 5.92 Å². The van der Waals surface area contributed by atoms with Crippen molar-refractivity contribution in [2.75, 3.05) is 13.6 Å². The second-order valence-electron chi connectivity index (χ2n) is 6.17. The van der Waals surface area contributed by atoms with E-state index in [1.807, 2.05) is 0 Å². The maximum Gasteiger partial charge on any atom is 0.434 e. The Kier molecular flexibility index (Phi) is 4.15. The number of hydrogen-bond donors (Lipinski definition) is 0. The van der Waals surface area contributed by atoms with Crippen LogP contribution >= 0.6 is 0 Å². The van der Waals surface area contributed by atoms with Gasteiger partial charge in [0.1, 0.15) is 11.6 Å². The first-order chi connectivity index (χ1) is 11.3. The van der Waals surface area contributed by atoms with Crippen molar-refractivity contribution in [3.05, 3.63) is 41.4 Å². The highest BCUT2D eigenvalue weighted by Crippen LogP contribution is 2.30. The zero-order valence-corrected chi connectivity index (χ0v) is 13.4. The molecule has 0 bridgehead atoms. The number of rotatable bonds is 3. The molecule has 1 aliphatic rings. The number of aromatic nitrogens is 2. The van der Waals surface area contributed by atoms with Crippen molar-refractivity contribution in [1.82, 2.24) is 14.5 Å². The highest BCUT2D eigenvalue weighted by molar-refractivity contribution is 5.94. The number of furan rings is 1. The first kappa shape index (κ1) is 16.6. The molecule has 0 N–H and O–H groups in total. The van der Waals surface area contributed by atoms with E-state index in [1.165, 1.54) is 6.26 Å². The molecule has 0 unspecified atom stereocenters. The van der Waals surface area contributed by atoms with Gasteiger partial charge in [-0.3, -0.25) is 4.79 Å². The molecule has 0 radical (unpaired) electrons. The molecule has 24 heavy (non-hydrogen) atoms. The lowest BCUT2D eigenvalue weighted by molar-refractivity contribution is -0.141. The van der Waals surface area contributed by atoms with Crippen LogP contribution in [0.3, 0.4) is 0 Å². The molecule has 3 heterocycles. The minimum absolute atomic E-state index is 0.0916. The highest BCUT2D eigenvalue weighted by atomic mass is 19.4. The molecule has 0 saturated heterocycles. The molecule has 2 aromatic heterocycles. The summed E-state index contributed by atoms with van der Waals surface area (Å²) in [5.41, 5.74) is -0.340. The van der Waals surface area contributed by atoms with Crippen LogP contribution in [-0.4, -0.2) is 34.0 Å². The third kappa shape index (κ3) is 3.18. The summed E-state index contributed by atoms with van der Waals surface area (Å²) >= 11 is 0. The van der Waals surface area contributed by atoms with E-state index in [4.69, 9.17) is 4.42 Å². The predicted octanol–water partition coefficient (Wildman–Crippen LogP) is 3.14. The van der Waals surface area contributed by atoms with Crippen LogP contribution in [0, 0.1) is 12.8 Å². The standard InChI is InChI=1S/C16H18F3N3O2/c1-10-12(5-6-24-10)15(23)21(2)7-11-3-4-14-20-13(16(17,18)19)9-22(14)8-11/h5-6,9,11H,3-4,7-8H2,1-2H3/t11-/m0/s1. The Morgan fingerprint density at radius 3 is 2.88 bits per heavy atom. The van der Waals surface area contributed by atoms with Gasteiger partial charge in [0.15, 0.2) is 5.69 Å². The topological polar surface area (TPSA) is 51.3 Å². The SMILES string of the molecule is Cc1occc1C(=O)N(C)C[C@@H]1CCc2nc(C(F)(F)F)cn2C1. The lowest BCUT2D eigenvalue weighted by Crippen LogP contribution is -2.35. The smallest absolute Gasteiger partial charge is 0.434 e. The van der Waals surface area contributed by atoms with E-state index in [0.717, 1.165) is 6.20 Å². The predicted molar refractivity (Wildman–Crippen MR) is 79.4 cm³/mol. The minimum Gasteiger partial charge on any atom is -0.469 e. The third-order valence-corrected chi connectivity index (χ3v) is 4.35. The van der Waals surface area contributed by atoms with Gasteiger partial charge >= 0.3 is 6.18 Å². The molecule has 0 fully saturated rings. The molecular formula is C16H18F3N3O2. The van der Waals surface area contributed by atoms with Crippen molar-refractivity contribution >= 4 is 5.91 Å². The maximum absolute atomic E-state index is 12.7. The van der Waals surface area contributed by atoms with Crippen LogP contribution in [0.5, 0.6) is 0 Å². The maximum atomic E-state index is 12.7. The van der Waals surface area contributed by atoms with Gasteiger partial charge in [-0.05, 0) is 25.3 Å². The van der Waals surface area contributed by atoms with E-state index >= 15 is 0 Å². The largest absolute Gasteiger partial charge is 0.469 e. The average molecular weight is 341 g/mol. The second-order valence-corrected chi connectivity index (χ2v) is 6.17. The fourth-order valence-electron chi connectivity index (χ4n) is 3.08. The normalized spacial score (nSPS) is 17.6. The zero-order chi connectivity index (χ0) is 17.5. The lowest BCUT2D eigenvalue weighted by atomic mass is 9.98. The number of carbonyl (C=O) groups excluding carboxylic acids is 1. The summed E-state index contributed by atoms with van der Waals surface area (Å²) in [6.45, 7) is 2.63. The fourth-order valence-corrected chi connectivity index (χ4v) is 3.08. The number of fused-ring (bicyclic) bond motifs is 1. The summed E-state index contributed by atoms with van der Waals surface area (Å²) in [7, 11) is 1.69. The molecular weight excluding hydrogens is 323 g/mol. The van der Waals surface area contributed by atoms with Crippen molar-refractivity contribution < 1.29 is 22.4 Å². The van der Waals surface area contributed by atoms with Gasteiger partial charge in [-0.2, -0.15) is 13.2 Å². The first-order valence-corrected chi connectivity index (χ1v) is 7.68. The Labute approximate surface area is 137 Å². The highest BCUT2D eigenvalue weighted by Gasteiger charge is 2.36. The van der Waals surface area contributed by atoms with Gasteiger partial charge in [0.25, 0.3) is 5.91 Å². The molecule has 0 saturated carbocycles. The molecule has 1 amide bonds. The number of nitrogens with zero attached hydrogens (tertiary/aromatic N) is 3. The summed E-state index contributed by atoms with van der Waals surface area (Å²) in [5.74, 6) is 0.961. The average Bonchev–Trinajstić information content (AvgIpc) is 3.11. The van der Waals surface area contributed by atoms with Crippen LogP contribution in [0.25, 0.3) is 0 Å². The van der Waals surface area contributed by atoms with E-state index in [2.05, 4.69) is 4.98 Å². The number of hydrogen-bond acceptors (Lipinski definition) is 3. The molecule has 1 atom stereocenters. The molecule has 8 heteroatoms. The summed E-state index contributed by atoms with van der Waals surface area (Å²) in [4.78, 5) is 17.6. The van der Waals surface area contributed by atoms with Crippen molar-refractivity contribution in [3.63, 3.8) is 0 Å². The van der Waals surface area contributed by atoms with E-state index in [1.54, 1.807) is 29.5 Å². The molecule has 5 nitrogen and oxygen atoms in total. The van der Waals surface area contributed by atoms with Gasteiger partial charge in [0, 0.05) is 32.8 Å². The molecule has 0 spiro atoms. The van der Waals surface area contributed by atoms with Crippen LogP contribution in [0.1, 0.15) is 34.1 Å². The molecule has 0 aromatic carbocycles. The number of aryl methyl sites for hydroxylation is 2. The zero-order valence-electron chi connectivity index (χ0n) is 13.4. The Morgan fingerprint density at radius 2 is 2.25 bits per heavy atom. The summed E-state index contributed by atoms with van der Waals surface area (Å²) < 4.78 is 44.9.